The van der Waals surface area contributed by atoms with Gasteiger partial charge in [0.1, 0.15) is 0 Å². The van der Waals surface area contributed by atoms with E-state index in [0.717, 1.165) is 13.2 Å². The normalized spacial score (nSPS) is 42.2. The number of nitrogens with one attached hydrogen (secondary N) is 1. The molecular weight excluding hydrogens is 200 g/mol. The van der Waals surface area contributed by atoms with Crippen molar-refractivity contribution in [1.82, 2.24) is 10.2 Å². The predicted molar refractivity (Wildman–Crippen MR) is 66.7 cm³/mol. The summed E-state index contributed by atoms with van der Waals surface area (Å²) in [5, 5.41) is 3.41. The highest BCUT2D eigenvalue weighted by Crippen LogP contribution is 2.31. The second kappa shape index (κ2) is 5.03. The van der Waals surface area contributed by atoms with Gasteiger partial charge >= 0.3 is 0 Å². The molecule has 3 nitrogen and oxygen atoms in total. The summed E-state index contributed by atoms with van der Waals surface area (Å²) >= 11 is 0. The Morgan fingerprint density at radius 2 is 2.25 bits per heavy atom. The Morgan fingerprint density at radius 3 is 2.81 bits per heavy atom. The van der Waals surface area contributed by atoms with Gasteiger partial charge in [0.2, 0.25) is 0 Å². The summed E-state index contributed by atoms with van der Waals surface area (Å²) in [7, 11) is 2.08. The molecule has 0 saturated carbocycles. The van der Waals surface area contributed by atoms with Crippen molar-refractivity contribution >= 4 is 0 Å². The van der Waals surface area contributed by atoms with Crippen molar-refractivity contribution in [3.8, 4) is 0 Å². The van der Waals surface area contributed by atoms with Crippen LogP contribution in [0.5, 0.6) is 0 Å². The Bertz CT molecular complexity index is 226. The Hall–Kier alpha value is -0.120. The summed E-state index contributed by atoms with van der Waals surface area (Å²) in [6, 6.07) is 1.39. The fourth-order valence-electron chi connectivity index (χ4n) is 3.38. The maximum absolute atomic E-state index is 5.68. The molecule has 0 radical (unpaired) electrons. The standard InChI is InChI=1S/C13H26N2O/c1-11-9-12(14-3)5-7-15(11)13(2)6-4-8-16-10-13/h11-12,14H,4-10H2,1-3H3. The molecule has 2 saturated heterocycles. The predicted octanol–water partition coefficient (Wildman–Crippen LogP) is 1.63. The number of piperidine rings is 1. The highest BCUT2D eigenvalue weighted by atomic mass is 16.5. The molecule has 0 bridgehead atoms. The monoisotopic (exact) mass is 226 g/mol. The first-order valence-corrected chi connectivity index (χ1v) is 6.67. The SMILES string of the molecule is CNC1CCN(C2(C)CCCOC2)C(C)C1. The number of hydrogen-bond donors (Lipinski definition) is 1. The Kier molecular flexibility index (Phi) is 3.88. The minimum absolute atomic E-state index is 0.288. The Morgan fingerprint density at radius 1 is 1.44 bits per heavy atom. The second-order valence-electron chi connectivity index (χ2n) is 5.71. The van der Waals surface area contributed by atoms with Gasteiger partial charge in [-0.2, -0.15) is 0 Å². The Balaban J connectivity index is 1.98. The van der Waals surface area contributed by atoms with Crippen molar-refractivity contribution in [3.05, 3.63) is 0 Å². The average molecular weight is 226 g/mol. The molecule has 2 fully saturated rings. The second-order valence-corrected chi connectivity index (χ2v) is 5.71. The maximum atomic E-state index is 5.68. The van der Waals surface area contributed by atoms with Gasteiger partial charge < -0.3 is 10.1 Å². The first kappa shape index (κ1) is 12.3. The van der Waals surface area contributed by atoms with Crippen LogP contribution in [-0.4, -0.2) is 49.3 Å². The lowest BCUT2D eigenvalue weighted by Crippen LogP contribution is -2.59. The van der Waals surface area contributed by atoms with Crippen LogP contribution in [0, 0.1) is 0 Å². The first-order valence-electron chi connectivity index (χ1n) is 6.67. The zero-order valence-corrected chi connectivity index (χ0v) is 11.0. The van der Waals surface area contributed by atoms with Gasteiger partial charge in [0.25, 0.3) is 0 Å². The number of rotatable bonds is 2. The smallest absolute Gasteiger partial charge is 0.0647 e. The lowest BCUT2D eigenvalue weighted by molar-refractivity contribution is -0.0681. The summed E-state index contributed by atoms with van der Waals surface area (Å²) in [5.41, 5.74) is 0.288. The maximum Gasteiger partial charge on any atom is 0.0647 e. The third-order valence-electron chi connectivity index (χ3n) is 4.39. The molecule has 1 N–H and O–H groups in total. The summed E-state index contributed by atoms with van der Waals surface area (Å²) in [6.07, 6.45) is 5.05. The molecule has 0 amide bonds. The van der Waals surface area contributed by atoms with Crippen molar-refractivity contribution in [2.24, 2.45) is 0 Å². The van der Waals surface area contributed by atoms with Crippen LogP contribution in [0.25, 0.3) is 0 Å². The van der Waals surface area contributed by atoms with E-state index < -0.39 is 0 Å². The lowest BCUT2D eigenvalue weighted by atomic mass is 9.86. The summed E-state index contributed by atoms with van der Waals surface area (Å²) in [4.78, 5) is 2.68. The Labute approximate surface area is 99.5 Å². The topological polar surface area (TPSA) is 24.5 Å². The van der Waals surface area contributed by atoms with Crippen LogP contribution in [0.2, 0.25) is 0 Å². The molecule has 3 atom stereocenters. The van der Waals surface area contributed by atoms with Crippen LogP contribution in [-0.2, 0) is 4.74 Å². The molecule has 0 aliphatic carbocycles. The van der Waals surface area contributed by atoms with E-state index in [4.69, 9.17) is 4.74 Å². The zero-order valence-electron chi connectivity index (χ0n) is 11.0. The van der Waals surface area contributed by atoms with Crippen molar-refractivity contribution in [1.29, 1.82) is 0 Å². The van der Waals surface area contributed by atoms with E-state index in [-0.39, 0.29) is 5.54 Å². The zero-order chi connectivity index (χ0) is 11.6. The van der Waals surface area contributed by atoms with Gasteiger partial charge in [-0.15, -0.1) is 0 Å². The van der Waals surface area contributed by atoms with Gasteiger partial charge in [-0.1, -0.05) is 0 Å². The van der Waals surface area contributed by atoms with Gasteiger partial charge in [-0.05, 0) is 46.6 Å². The highest BCUT2D eigenvalue weighted by Gasteiger charge is 2.39. The number of ether oxygens (including phenoxy) is 1. The average Bonchev–Trinajstić information content (AvgIpc) is 2.29. The van der Waals surface area contributed by atoms with Crippen molar-refractivity contribution < 1.29 is 4.74 Å². The molecule has 2 aliphatic heterocycles. The molecule has 2 heterocycles. The molecule has 0 aromatic heterocycles. The largest absolute Gasteiger partial charge is 0.380 e. The van der Waals surface area contributed by atoms with Crippen molar-refractivity contribution in [2.45, 2.75) is 57.2 Å². The molecule has 2 rings (SSSR count). The first-order chi connectivity index (χ1) is 7.65. The highest BCUT2D eigenvalue weighted by molar-refractivity contribution is 4.95. The van der Waals surface area contributed by atoms with Gasteiger partial charge in [0, 0.05) is 30.8 Å². The molecule has 16 heavy (non-hydrogen) atoms. The quantitative estimate of drug-likeness (QED) is 0.774. The van der Waals surface area contributed by atoms with Crippen LogP contribution in [0.3, 0.4) is 0 Å². The molecule has 0 spiro atoms. The van der Waals surface area contributed by atoms with E-state index in [1.807, 2.05) is 0 Å². The number of hydrogen-bond acceptors (Lipinski definition) is 3. The van der Waals surface area contributed by atoms with E-state index in [1.54, 1.807) is 0 Å². The molecule has 3 heteroatoms. The minimum Gasteiger partial charge on any atom is -0.380 e. The fraction of sp³-hybridized carbons (Fsp3) is 1.00. The van der Waals surface area contributed by atoms with E-state index in [9.17, 15) is 0 Å². The van der Waals surface area contributed by atoms with Crippen LogP contribution in [0.15, 0.2) is 0 Å². The third-order valence-corrected chi connectivity index (χ3v) is 4.39. The van der Waals surface area contributed by atoms with E-state index >= 15 is 0 Å². The van der Waals surface area contributed by atoms with Gasteiger partial charge in [0.15, 0.2) is 0 Å². The van der Waals surface area contributed by atoms with Crippen LogP contribution in [0.4, 0.5) is 0 Å². The molecule has 3 unspecified atom stereocenters. The fourth-order valence-corrected chi connectivity index (χ4v) is 3.38. The van der Waals surface area contributed by atoms with Crippen LogP contribution < -0.4 is 5.32 Å². The van der Waals surface area contributed by atoms with E-state index in [1.165, 1.54) is 32.2 Å². The molecule has 94 valence electrons. The summed E-state index contributed by atoms with van der Waals surface area (Å²) in [5.74, 6) is 0. The molecular formula is C13H26N2O. The van der Waals surface area contributed by atoms with Crippen LogP contribution in [0.1, 0.15) is 39.5 Å². The molecule has 0 aromatic carbocycles. The van der Waals surface area contributed by atoms with Gasteiger partial charge in [-0.3, -0.25) is 4.90 Å². The molecule has 0 aromatic rings. The summed E-state index contributed by atoms with van der Waals surface area (Å²) in [6.45, 7) is 7.83. The lowest BCUT2D eigenvalue weighted by Gasteiger charge is -2.50. The van der Waals surface area contributed by atoms with E-state index in [2.05, 4.69) is 31.1 Å². The number of nitrogens with zero attached hydrogens (tertiary/aromatic N) is 1. The van der Waals surface area contributed by atoms with Crippen molar-refractivity contribution in [3.63, 3.8) is 0 Å². The van der Waals surface area contributed by atoms with Gasteiger partial charge in [0.05, 0.1) is 6.61 Å². The van der Waals surface area contributed by atoms with E-state index in [0.29, 0.717) is 12.1 Å². The van der Waals surface area contributed by atoms with Crippen molar-refractivity contribution in [2.75, 3.05) is 26.8 Å². The summed E-state index contributed by atoms with van der Waals surface area (Å²) < 4.78 is 5.68. The number of likely N-dealkylation sites (tertiary alicyclic amines) is 1. The van der Waals surface area contributed by atoms with Gasteiger partial charge in [-0.25, -0.2) is 0 Å². The third kappa shape index (κ3) is 2.41. The van der Waals surface area contributed by atoms with Crippen LogP contribution >= 0.6 is 0 Å². The minimum atomic E-state index is 0.288. The molecule has 2 aliphatic rings.